The van der Waals surface area contributed by atoms with E-state index in [0.29, 0.717) is 34.1 Å². The second kappa shape index (κ2) is 10.9. The number of hydrogen-bond acceptors (Lipinski definition) is 4. The Balaban J connectivity index is 1.86. The Kier molecular flexibility index (Phi) is 8.51. The summed E-state index contributed by atoms with van der Waals surface area (Å²) in [6.07, 6.45) is 0. The van der Waals surface area contributed by atoms with Crippen molar-refractivity contribution in [2.45, 2.75) is 33.6 Å². The molecule has 0 saturated heterocycles. The van der Waals surface area contributed by atoms with E-state index in [1.165, 1.54) is 0 Å². The smallest absolute Gasteiger partial charge is 0.276 e. The molecule has 0 aliphatic rings. The number of benzene rings is 2. The predicted molar refractivity (Wildman–Crippen MR) is 116 cm³/mol. The molecule has 0 aliphatic heterocycles. The average Bonchev–Trinajstić information content (AvgIpc) is 2.69. The molecule has 29 heavy (non-hydrogen) atoms. The summed E-state index contributed by atoms with van der Waals surface area (Å²) in [7, 11) is 0. The molecule has 6 nitrogen and oxygen atoms in total. The summed E-state index contributed by atoms with van der Waals surface area (Å²) in [4.78, 5) is 24.3. The number of amides is 2. The van der Waals surface area contributed by atoms with Gasteiger partial charge in [0.1, 0.15) is 11.5 Å². The summed E-state index contributed by atoms with van der Waals surface area (Å²) in [6.45, 7) is 8.61. The highest BCUT2D eigenvalue weighted by Crippen LogP contribution is 2.27. The molecule has 0 fully saturated rings. The summed E-state index contributed by atoms with van der Waals surface area (Å²) in [6, 6.07) is 12.6. The first-order chi connectivity index (χ1) is 13.8. The van der Waals surface area contributed by atoms with Crippen molar-refractivity contribution < 1.29 is 19.1 Å². The molecule has 0 unspecified atom stereocenters. The molecule has 0 aliphatic carbocycles. The summed E-state index contributed by atoms with van der Waals surface area (Å²) in [5, 5.41) is 0. The average molecular weight is 463 g/mol. The number of carbonyl (C=O) groups is 2. The van der Waals surface area contributed by atoms with E-state index in [9.17, 15) is 9.59 Å². The molecule has 0 spiro atoms. The van der Waals surface area contributed by atoms with Crippen molar-refractivity contribution in [2.75, 3.05) is 13.2 Å². The molecule has 2 N–H and O–H groups in total. The molecule has 2 aromatic carbocycles. The maximum atomic E-state index is 12.3. The van der Waals surface area contributed by atoms with E-state index in [1.807, 2.05) is 24.3 Å². The van der Waals surface area contributed by atoms with E-state index in [0.717, 1.165) is 5.56 Å². The van der Waals surface area contributed by atoms with Crippen molar-refractivity contribution in [3.63, 3.8) is 0 Å². The number of nitrogens with one attached hydrogen (secondary N) is 2. The Bertz CT molecular complexity index is 852. The lowest BCUT2D eigenvalue weighted by molar-refractivity contribution is -0.123. The van der Waals surface area contributed by atoms with Crippen molar-refractivity contribution in [3.8, 4) is 11.5 Å². The number of rotatable bonds is 8. The van der Waals surface area contributed by atoms with Gasteiger partial charge in [0.25, 0.3) is 11.8 Å². The Morgan fingerprint density at radius 3 is 2.34 bits per heavy atom. The fourth-order valence-electron chi connectivity index (χ4n) is 2.48. The lowest BCUT2D eigenvalue weighted by Crippen LogP contribution is -2.43. The van der Waals surface area contributed by atoms with Crippen LogP contribution in [0.5, 0.6) is 11.5 Å². The van der Waals surface area contributed by atoms with Gasteiger partial charge in [-0.2, -0.15) is 0 Å². The second-order valence-corrected chi connectivity index (χ2v) is 8.19. The van der Waals surface area contributed by atoms with Gasteiger partial charge in [-0.1, -0.05) is 45.9 Å². The largest absolute Gasteiger partial charge is 0.492 e. The first-order valence-corrected chi connectivity index (χ1v) is 10.3. The standard InChI is InChI=1S/C22H27BrN2O4/c1-14(2)12-28-20-10-9-16(11-18(20)23)22(27)25-24-21(26)13-29-19-8-6-5-7-17(19)15(3)4/h5-11,14-15H,12-13H2,1-4H3,(H,24,26)(H,25,27). The third kappa shape index (κ3) is 7.09. The summed E-state index contributed by atoms with van der Waals surface area (Å²) in [5.41, 5.74) is 6.16. The van der Waals surface area contributed by atoms with Crippen LogP contribution in [0.1, 0.15) is 49.5 Å². The Morgan fingerprint density at radius 1 is 0.966 bits per heavy atom. The molecule has 2 aromatic rings. The van der Waals surface area contributed by atoms with Crippen LogP contribution in [-0.2, 0) is 4.79 Å². The molecular weight excluding hydrogens is 436 g/mol. The van der Waals surface area contributed by atoms with Crippen LogP contribution in [0.15, 0.2) is 46.9 Å². The molecule has 7 heteroatoms. The maximum absolute atomic E-state index is 12.3. The molecule has 0 radical (unpaired) electrons. The van der Waals surface area contributed by atoms with E-state index in [1.54, 1.807) is 18.2 Å². The lowest BCUT2D eigenvalue weighted by Gasteiger charge is -2.14. The highest BCUT2D eigenvalue weighted by Gasteiger charge is 2.12. The van der Waals surface area contributed by atoms with E-state index in [-0.39, 0.29) is 12.5 Å². The molecule has 0 atom stereocenters. The van der Waals surface area contributed by atoms with Crippen LogP contribution in [0.2, 0.25) is 0 Å². The molecule has 0 heterocycles. The van der Waals surface area contributed by atoms with Crippen LogP contribution >= 0.6 is 15.9 Å². The minimum absolute atomic E-state index is 0.199. The Morgan fingerprint density at radius 2 is 1.69 bits per heavy atom. The number of hydrazine groups is 1. The first-order valence-electron chi connectivity index (χ1n) is 9.51. The molecule has 156 valence electrons. The van der Waals surface area contributed by atoms with Gasteiger partial charge in [0, 0.05) is 5.56 Å². The Hall–Kier alpha value is -2.54. The molecule has 0 saturated carbocycles. The SMILES string of the molecule is CC(C)COc1ccc(C(=O)NNC(=O)COc2ccccc2C(C)C)cc1Br. The second-order valence-electron chi connectivity index (χ2n) is 7.33. The van der Waals surface area contributed by atoms with Gasteiger partial charge in [-0.3, -0.25) is 20.4 Å². The summed E-state index contributed by atoms with van der Waals surface area (Å²) >= 11 is 3.40. The minimum Gasteiger partial charge on any atom is -0.492 e. The first kappa shape index (κ1) is 22.7. The molecule has 0 aromatic heterocycles. The van der Waals surface area contributed by atoms with Crippen molar-refractivity contribution in [1.82, 2.24) is 10.9 Å². The van der Waals surface area contributed by atoms with Crippen molar-refractivity contribution in [1.29, 1.82) is 0 Å². The van der Waals surface area contributed by atoms with Crippen molar-refractivity contribution in [3.05, 3.63) is 58.1 Å². The van der Waals surface area contributed by atoms with Gasteiger partial charge in [-0.15, -0.1) is 0 Å². The third-order valence-corrected chi connectivity index (χ3v) is 4.60. The van der Waals surface area contributed by atoms with Crippen LogP contribution in [0.3, 0.4) is 0 Å². The van der Waals surface area contributed by atoms with Gasteiger partial charge < -0.3 is 9.47 Å². The number of carbonyl (C=O) groups excluding carboxylic acids is 2. The maximum Gasteiger partial charge on any atom is 0.276 e. The monoisotopic (exact) mass is 462 g/mol. The van der Waals surface area contributed by atoms with Gasteiger partial charge in [0.2, 0.25) is 0 Å². The predicted octanol–water partition coefficient (Wildman–Crippen LogP) is 4.45. The fraction of sp³-hybridized carbons (Fsp3) is 0.364. The normalized spacial score (nSPS) is 10.7. The number of ether oxygens (including phenoxy) is 2. The van der Waals surface area contributed by atoms with Crippen LogP contribution < -0.4 is 20.3 Å². The van der Waals surface area contributed by atoms with Gasteiger partial charge in [0.15, 0.2) is 6.61 Å². The van der Waals surface area contributed by atoms with E-state index >= 15 is 0 Å². The quantitative estimate of drug-likeness (QED) is 0.568. The lowest BCUT2D eigenvalue weighted by atomic mass is 10.0. The highest BCUT2D eigenvalue weighted by atomic mass is 79.9. The van der Waals surface area contributed by atoms with Gasteiger partial charge in [0.05, 0.1) is 11.1 Å². The zero-order chi connectivity index (χ0) is 21.4. The number of hydrogen-bond donors (Lipinski definition) is 2. The summed E-state index contributed by atoms with van der Waals surface area (Å²) in [5.74, 6) is 1.11. The summed E-state index contributed by atoms with van der Waals surface area (Å²) < 4.78 is 11.9. The van der Waals surface area contributed by atoms with Gasteiger partial charge in [-0.05, 0) is 57.6 Å². The molecule has 2 rings (SSSR count). The molecule has 2 amide bonds. The van der Waals surface area contributed by atoms with Crippen LogP contribution in [-0.4, -0.2) is 25.0 Å². The Labute approximate surface area is 180 Å². The fourth-order valence-corrected chi connectivity index (χ4v) is 2.98. The molecule has 0 bridgehead atoms. The number of para-hydroxylation sites is 1. The molecular formula is C22H27BrN2O4. The minimum atomic E-state index is -0.451. The van der Waals surface area contributed by atoms with Crippen LogP contribution in [0.4, 0.5) is 0 Å². The van der Waals surface area contributed by atoms with Gasteiger partial charge in [-0.25, -0.2) is 0 Å². The van der Waals surface area contributed by atoms with E-state index in [2.05, 4.69) is 54.5 Å². The van der Waals surface area contributed by atoms with Crippen molar-refractivity contribution >= 4 is 27.7 Å². The third-order valence-electron chi connectivity index (χ3n) is 3.98. The zero-order valence-electron chi connectivity index (χ0n) is 17.1. The van der Waals surface area contributed by atoms with E-state index < -0.39 is 11.8 Å². The van der Waals surface area contributed by atoms with Gasteiger partial charge >= 0.3 is 0 Å². The van der Waals surface area contributed by atoms with Crippen LogP contribution in [0, 0.1) is 5.92 Å². The highest BCUT2D eigenvalue weighted by molar-refractivity contribution is 9.10. The zero-order valence-corrected chi connectivity index (χ0v) is 18.7. The topological polar surface area (TPSA) is 76.7 Å². The van der Waals surface area contributed by atoms with Crippen LogP contribution in [0.25, 0.3) is 0 Å². The van der Waals surface area contributed by atoms with E-state index in [4.69, 9.17) is 9.47 Å². The number of halogens is 1. The van der Waals surface area contributed by atoms with Crippen molar-refractivity contribution in [2.24, 2.45) is 5.92 Å².